The molecular weight excluding hydrogens is 261 g/mol. The van der Waals surface area contributed by atoms with E-state index in [0.717, 1.165) is 11.8 Å². The smallest absolute Gasteiger partial charge is 0.292 e. The van der Waals surface area contributed by atoms with Gasteiger partial charge in [-0.2, -0.15) is 0 Å². The Hall–Kier alpha value is -2.50. The second-order valence-electron chi connectivity index (χ2n) is 4.55. The van der Waals surface area contributed by atoms with Gasteiger partial charge in [0.25, 0.3) is 5.69 Å². The normalized spacial score (nSPS) is 11.9. The standard InChI is InChI=1S/C14H14FN3O2/c1-9-3-6-14(18(19)20)13(7-9)17-10(2)12-5-4-11(15)8-16-12/h3-8,10,17H,1-2H3. The van der Waals surface area contributed by atoms with Crippen LogP contribution in [-0.4, -0.2) is 9.91 Å². The topological polar surface area (TPSA) is 68.1 Å². The number of nitro benzene ring substituents is 1. The zero-order chi connectivity index (χ0) is 14.7. The molecule has 0 amide bonds. The fourth-order valence-electron chi connectivity index (χ4n) is 1.88. The number of aryl methyl sites for hydroxylation is 1. The maximum atomic E-state index is 12.8. The Labute approximate surface area is 115 Å². The SMILES string of the molecule is Cc1ccc([N+](=O)[O-])c(NC(C)c2ccc(F)cn2)c1. The molecule has 1 aromatic carbocycles. The van der Waals surface area contributed by atoms with Crippen molar-refractivity contribution in [2.75, 3.05) is 5.32 Å². The predicted octanol–water partition coefficient (Wildman–Crippen LogP) is 3.61. The highest BCUT2D eigenvalue weighted by Gasteiger charge is 2.16. The molecule has 6 heteroatoms. The molecule has 0 radical (unpaired) electrons. The van der Waals surface area contributed by atoms with Gasteiger partial charge in [-0.3, -0.25) is 15.1 Å². The van der Waals surface area contributed by atoms with Gasteiger partial charge in [0.2, 0.25) is 0 Å². The molecule has 0 fully saturated rings. The summed E-state index contributed by atoms with van der Waals surface area (Å²) < 4.78 is 12.8. The fourth-order valence-corrected chi connectivity index (χ4v) is 1.88. The van der Waals surface area contributed by atoms with Crippen LogP contribution in [0.5, 0.6) is 0 Å². The van der Waals surface area contributed by atoms with E-state index in [1.54, 1.807) is 18.2 Å². The first-order valence-electron chi connectivity index (χ1n) is 6.10. The van der Waals surface area contributed by atoms with E-state index in [1.807, 2.05) is 13.8 Å². The van der Waals surface area contributed by atoms with E-state index >= 15 is 0 Å². The van der Waals surface area contributed by atoms with Gasteiger partial charge in [0.05, 0.1) is 22.9 Å². The summed E-state index contributed by atoms with van der Waals surface area (Å²) in [5.41, 5.74) is 1.96. The third kappa shape index (κ3) is 3.09. The van der Waals surface area contributed by atoms with Crippen LogP contribution in [0.3, 0.4) is 0 Å². The lowest BCUT2D eigenvalue weighted by Crippen LogP contribution is -2.10. The van der Waals surface area contributed by atoms with Crippen molar-refractivity contribution in [3.8, 4) is 0 Å². The summed E-state index contributed by atoms with van der Waals surface area (Å²) in [6.45, 7) is 3.67. The molecule has 1 aromatic heterocycles. The lowest BCUT2D eigenvalue weighted by Gasteiger charge is -2.15. The molecular formula is C14H14FN3O2. The Morgan fingerprint density at radius 1 is 1.35 bits per heavy atom. The zero-order valence-electron chi connectivity index (χ0n) is 11.1. The maximum Gasteiger partial charge on any atom is 0.292 e. The van der Waals surface area contributed by atoms with Crippen molar-refractivity contribution in [2.24, 2.45) is 0 Å². The van der Waals surface area contributed by atoms with E-state index < -0.39 is 10.7 Å². The molecule has 2 aromatic rings. The highest BCUT2D eigenvalue weighted by molar-refractivity contribution is 5.63. The summed E-state index contributed by atoms with van der Waals surface area (Å²) >= 11 is 0. The Kier molecular flexibility index (Phi) is 3.93. The maximum absolute atomic E-state index is 12.8. The van der Waals surface area contributed by atoms with Gasteiger partial charge < -0.3 is 5.32 Å². The number of anilines is 1. The Morgan fingerprint density at radius 3 is 2.70 bits per heavy atom. The number of hydrogen-bond acceptors (Lipinski definition) is 4. The minimum atomic E-state index is -0.438. The van der Waals surface area contributed by atoms with Gasteiger partial charge in [-0.25, -0.2) is 4.39 Å². The highest BCUT2D eigenvalue weighted by atomic mass is 19.1. The average molecular weight is 275 g/mol. The first kappa shape index (κ1) is 13.9. The molecule has 104 valence electrons. The van der Waals surface area contributed by atoms with Crippen molar-refractivity contribution in [2.45, 2.75) is 19.9 Å². The van der Waals surface area contributed by atoms with E-state index in [4.69, 9.17) is 0 Å². The zero-order valence-corrected chi connectivity index (χ0v) is 11.1. The van der Waals surface area contributed by atoms with Gasteiger partial charge in [-0.05, 0) is 37.6 Å². The van der Waals surface area contributed by atoms with Crippen molar-refractivity contribution >= 4 is 11.4 Å². The Bertz CT molecular complexity index is 629. The highest BCUT2D eigenvalue weighted by Crippen LogP contribution is 2.28. The first-order valence-corrected chi connectivity index (χ1v) is 6.10. The quantitative estimate of drug-likeness (QED) is 0.683. The average Bonchev–Trinajstić information content (AvgIpc) is 2.39. The third-order valence-electron chi connectivity index (χ3n) is 2.91. The van der Waals surface area contributed by atoms with E-state index in [9.17, 15) is 14.5 Å². The van der Waals surface area contributed by atoms with Crippen LogP contribution in [0.2, 0.25) is 0 Å². The summed E-state index contributed by atoms with van der Waals surface area (Å²) in [4.78, 5) is 14.5. The number of nitrogens with zero attached hydrogens (tertiary/aromatic N) is 2. The molecule has 5 nitrogen and oxygen atoms in total. The van der Waals surface area contributed by atoms with Crippen molar-refractivity contribution in [3.63, 3.8) is 0 Å². The van der Waals surface area contributed by atoms with Crippen LogP contribution in [0.15, 0.2) is 36.5 Å². The summed E-state index contributed by atoms with van der Waals surface area (Å²) in [5, 5.41) is 14.0. The minimum Gasteiger partial charge on any atom is -0.371 e. The lowest BCUT2D eigenvalue weighted by molar-refractivity contribution is -0.384. The van der Waals surface area contributed by atoms with E-state index in [1.165, 1.54) is 12.1 Å². The van der Waals surface area contributed by atoms with Crippen molar-refractivity contribution in [1.29, 1.82) is 0 Å². The molecule has 0 bridgehead atoms. The molecule has 0 aliphatic rings. The van der Waals surface area contributed by atoms with Crippen LogP contribution in [0.25, 0.3) is 0 Å². The van der Waals surface area contributed by atoms with E-state index in [-0.39, 0.29) is 11.7 Å². The number of rotatable bonds is 4. The molecule has 20 heavy (non-hydrogen) atoms. The number of hydrogen-bond donors (Lipinski definition) is 1. The molecule has 0 aliphatic heterocycles. The molecule has 1 atom stereocenters. The molecule has 0 spiro atoms. The third-order valence-corrected chi connectivity index (χ3v) is 2.91. The summed E-state index contributed by atoms with van der Waals surface area (Å²) in [7, 11) is 0. The summed E-state index contributed by atoms with van der Waals surface area (Å²) in [6.07, 6.45) is 1.12. The number of benzene rings is 1. The Morgan fingerprint density at radius 2 is 2.10 bits per heavy atom. The molecule has 0 aliphatic carbocycles. The monoisotopic (exact) mass is 275 g/mol. The van der Waals surface area contributed by atoms with Crippen molar-refractivity contribution < 1.29 is 9.31 Å². The fraction of sp³-hybridized carbons (Fsp3) is 0.214. The van der Waals surface area contributed by atoms with Gasteiger partial charge >= 0.3 is 0 Å². The first-order chi connectivity index (χ1) is 9.47. The van der Waals surface area contributed by atoms with Crippen LogP contribution < -0.4 is 5.32 Å². The summed E-state index contributed by atoms with van der Waals surface area (Å²) in [6, 6.07) is 7.45. The van der Waals surface area contributed by atoms with E-state index in [2.05, 4.69) is 10.3 Å². The molecule has 2 rings (SSSR count). The molecule has 0 saturated carbocycles. The molecule has 0 saturated heterocycles. The summed E-state index contributed by atoms with van der Waals surface area (Å²) in [5.74, 6) is -0.414. The van der Waals surface area contributed by atoms with E-state index in [0.29, 0.717) is 11.4 Å². The Balaban J connectivity index is 2.27. The second-order valence-corrected chi connectivity index (χ2v) is 4.55. The molecule has 1 N–H and O–H groups in total. The lowest BCUT2D eigenvalue weighted by atomic mass is 10.1. The number of aromatic nitrogens is 1. The van der Waals surface area contributed by atoms with Gasteiger partial charge in [-0.15, -0.1) is 0 Å². The van der Waals surface area contributed by atoms with Crippen LogP contribution in [0, 0.1) is 22.9 Å². The van der Waals surface area contributed by atoms with Gasteiger partial charge in [0, 0.05) is 6.07 Å². The van der Waals surface area contributed by atoms with Crippen molar-refractivity contribution in [1.82, 2.24) is 4.98 Å². The van der Waals surface area contributed by atoms with Gasteiger partial charge in [-0.1, -0.05) is 6.07 Å². The van der Waals surface area contributed by atoms with Crippen LogP contribution in [0.4, 0.5) is 15.8 Å². The predicted molar refractivity (Wildman–Crippen MR) is 74.1 cm³/mol. The van der Waals surface area contributed by atoms with Crippen LogP contribution >= 0.6 is 0 Å². The minimum absolute atomic E-state index is 0.00422. The molecule has 1 heterocycles. The van der Waals surface area contributed by atoms with Crippen molar-refractivity contribution in [3.05, 3.63) is 63.7 Å². The number of pyridine rings is 1. The number of nitro groups is 1. The largest absolute Gasteiger partial charge is 0.371 e. The van der Waals surface area contributed by atoms with Gasteiger partial charge in [0.1, 0.15) is 11.5 Å². The van der Waals surface area contributed by atoms with Crippen LogP contribution in [0.1, 0.15) is 24.2 Å². The number of halogens is 1. The molecule has 1 unspecified atom stereocenters. The van der Waals surface area contributed by atoms with Crippen LogP contribution in [-0.2, 0) is 0 Å². The second kappa shape index (κ2) is 5.64. The number of nitrogens with one attached hydrogen (secondary N) is 1. The van der Waals surface area contributed by atoms with Gasteiger partial charge in [0.15, 0.2) is 0 Å².